The summed E-state index contributed by atoms with van der Waals surface area (Å²) in [6, 6.07) is 6.41. The minimum atomic E-state index is -0.737. The van der Waals surface area contributed by atoms with Crippen LogP contribution in [0.2, 0.25) is 0 Å². The number of ether oxygens (including phenoxy) is 1. The van der Waals surface area contributed by atoms with Crippen molar-refractivity contribution in [3.63, 3.8) is 0 Å². The topological polar surface area (TPSA) is 72.5 Å². The molecule has 1 amide bonds. The number of halogens is 1. The highest BCUT2D eigenvalue weighted by atomic mass is 35.5. The Morgan fingerprint density at radius 1 is 0.960 bits per heavy atom. The number of nitrogens with one attached hydrogen (secondary N) is 1. The van der Waals surface area contributed by atoms with Gasteiger partial charge in [-0.3, -0.25) is 14.9 Å². The van der Waals surface area contributed by atoms with Gasteiger partial charge in [0, 0.05) is 11.1 Å². The zero-order valence-electron chi connectivity index (χ0n) is 13.8. The molecule has 0 heterocycles. The number of hydrogen-bond donors (Lipinski definition) is 1. The first kappa shape index (κ1) is 17.7. The van der Waals surface area contributed by atoms with Gasteiger partial charge in [-0.25, -0.2) is 4.79 Å². The van der Waals surface area contributed by atoms with Crippen molar-refractivity contribution < 1.29 is 19.1 Å². The van der Waals surface area contributed by atoms with Gasteiger partial charge < -0.3 is 4.74 Å². The maximum absolute atomic E-state index is 12.5. The van der Waals surface area contributed by atoms with Crippen molar-refractivity contribution in [3.8, 4) is 0 Å². The van der Waals surface area contributed by atoms with Crippen LogP contribution in [0, 0.1) is 0 Å². The number of alkyl carbamates (subject to hydrolysis) is 1. The molecule has 0 unspecified atom stereocenters. The number of hydrogen-bond acceptors (Lipinski definition) is 4. The summed E-state index contributed by atoms with van der Waals surface area (Å²) in [4.78, 5) is 37.0. The van der Waals surface area contributed by atoms with Crippen molar-refractivity contribution in [2.24, 2.45) is 0 Å². The second kappa shape index (κ2) is 7.83. The highest BCUT2D eigenvalue weighted by Gasteiger charge is 2.32. The fraction of sp³-hybridized carbons (Fsp3) is 0.421. The quantitative estimate of drug-likeness (QED) is 0.849. The molecule has 1 saturated carbocycles. The highest BCUT2D eigenvalue weighted by Crippen LogP contribution is 2.27. The minimum Gasteiger partial charge on any atom is -0.446 e. The number of fused-ring (bicyclic) bond motifs is 1. The normalized spacial score (nSPS) is 19.1. The van der Waals surface area contributed by atoms with Gasteiger partial charge in [0.1, 0.15) is 16.8 Å². The van der Waals surface area contributed by atoms with Gasteiger partial charge in [0.15, 0.2) is 0 Å². The lowest BCUT2D eigenvalue weighted by molar-refractivity contribution is 0.0814. The van der Waals surface area contributed by atoms with Gasteiger partial charge >= 0.3 is 6.09 Å². The Kier molecular flexibility index (Phi) is 5.53. The molecule has 1 aromatic rings. The Balaban J connectivity index is 1.71. The van der Waals surface area contributed by atoms with E-state index in [0.29, 0.717) is 0 Å². The van der Waals surface area contributed by atoms with Crippen LogP contribution >= 0.6 is 11.6 Å². The second-order valence-corrected chi connectivity index (χ2v) is 6.77. The van der Waals surface area contributed by atoms with E-state index in [9.17, 15) is 14.4 Å². The molecule has 3 rings (SSSR count). The van der Waals surface area contributed by atoms with Gasteiger partial charge in [0.05, 0.1) is 0 Å². The third kappa shape index (κ3) is 3.93. The van der Waals surface area contributed by atoms with Crippen LogP contribution in [0.3, 0.4) is 0 Å². The maximum Gasteiger partial charge on any atom is 0.412 e. The van der Waals surface area contributed by atoms with Crippen LogP contribution in [0.5, 0.6) is 0 Å². The average Bonchev–Trinajstić information content (AvgIpc) is 2.59. The van der Waals surface area contributed by atoms with Crippen LogP contribution in [0.15, 0.2) is 35.0 Å². The fourth-order valence-electron chi connectivity index (χ4n) is 3.28. The Morgan fingerprint density at radius 2 is 1.52 bits per heavy atom. The fourth-order valence-corrected chi connectivity index (χ4v) is 3.51. The number of allylic oxidation sites excluding steroid dienone is 2. The molecule has 5 nitrogen and oxygen atoms in total. The molecule has 0 atom stereocenters. The number of rotatable bonds is 2. The Hall–Kier alpha value is -2.14. The van der Waals surface area contributed by atoms with Crippen molar-refractivity contribution in [2.45, 2.75) is 51.0 Å². The molecular formula is C19H20ClNO4. The van der Waals surface area contributed by atoms with Crippen molar-refractivity contribution in [1.29, 1.82) is 0 Å². The number of benzene rings is 1. The summed E-state index contributed by atoms with van der Waals surface area (Å²) in [5.41, 5.74) is 0.274. The molecule has 1 N–H and O–H groups in total. The van der Waals surface area contributed by atoms with Gasteiger partial charge in [-0.2, -0.15) is 0 Å². The lowest BCUT2D eigenvalue weighted by Crippen LogP contribution is -2.35. The summed E-state index contributed by atoms with van der Waals surface area (Å²) in [5.74, 6) is -0.951. The molecule has 0 bridgehead atoms. The summed E-state index contributed by atoms with van der Waals surface area (Å²) < 4.78 is 5.44. The average molecular weight is 362 g/mol. The molecule has 1 aromatic carbocycles. The van der Waals surface area contributed by atoms with E-state index in [2.05, 4.69) is 5.32 Å². The summed E-state index contributed by atoms with van der Waals surface area (Å²) in [7, 11) is 0. The monoisotopic (exact) mass is 361 g/mol. The highest BCUT2D eigenvalue weighted by molar-refractivity contribution is 6.50. The second-order valence-electron chi connectivity index (χ2n) is 6.39. The van der Waals surface area contributed by atoms with E-state index in [1.165, 1.54) is 6.42 Å². The van der Waals surface area contributed by atoms with Crippen LogP contribution in [0.1, 0.15) is 65.7 Å². The molecule has 132 valence electrons. The standard InChI is InChI=1S/C19H20ClNO4/c20-15-16(18(23)14-11-7-6-10-13(14)17(15)22)21-19(24)25-12-8-4-2-1-3-5-9-12/h6-7,10-12H,1-5,8-9H2,(H,21,24). The van der Waals surface area contributed by atoms with Gasteiger partial charge in [0.25, 0.3) is 0 Å². The Morgan fingerprint density at radius 3 is 2.16 bits per heavy atom. The van der Waals surface area contributed by atoms with Crippen molar-refractivity contribution >= 4 is 29.3 Å². The molecule has 2 aliphatic carbocycles. The smallest absolute Gasteiger partial charge is 0.412 e. The lowest BCUT2D eigenvalue weighted by Gasteiger charge is -2.22. The molecule has 0 saturated heterocycles. The number of Topliss-reactive ketones (excluding diaryl/α,β-unsaturated/α-hetero) is 2. The first-order chi connectivity index (χ1) is 12.1. The summed E-state index contributed by atoms with van der Waals surface area (Å²) in [6.45, 7) is 0. The van der Waals surface area contributed by atoms with E-state index in [4.69, 9.17) is 16.3 Å². The SMILES string of the molecule is O=C(NC1=C(Cl)C(=O)c2ccccc2C1=O)OC1CCCCCCC1. The van der Waals surface area contributed by atoms with E-state index < -0.39 is 17.7 Å². The van der Waals surface area contributed by atoms with Gasteiger partial charge in [-0.05, 0) is 25.7 Å². The van der Waals surface area contributed by atoms with Crippen LogP contribution in [-0.2, 0) is 4.74 Å². The van der Waals surface area contributed by atoms with Gasteiger partial charge in [0.2, 0.25) is 11.6 Å². The van der Waals surface area contributed by atoms with E-state index in [-0.39, 0.29) is 28.0 Å². The zero-order chi connectivity index (χ0) is 17.8. The van der Waals surface area contributed by atoms with Gasteiger partial charge in [-0.1, -0.05) is 55.1 Å². The number of ketones is 2. The number of carbonyl (C=O) groups is 3. The molecule has 0 aromatic heterocycles. The molecule has 0 aliphatic heterocycles. The van der Waals surface area contributed by atoms with Gasteiger partial charge in [-0.15, -0.1) is 0 Å². The molecule has 1 fully saturated rings. The number of amides is 1. The first-order valence-corrected chi connectivity index (χ1v) is 9.01. The lowest BCUT2D eigenvalue weighted by atomic mass is 9.92. The molecule has 2 aliphatic rings. The van der Waals surface area contributed by atoms with Crippen molar-refractivity contribution in [1.82, 2.24) is 5.32 Å². The molecule has 0 radical (unpaired) electrons. The molecule has 25 heavy (non-hydrogen) atoms. The molecular weight excluding hydrogens is 342 g/mol. The van der Waals surface area contributed by atoms with E-state index in [0.717, 1.165) is 38.5 Å². The van der Waals surface area contributed by atoms with Crippen molar-refractivity contribution in [2.75, 3.05) is 0 Å². The predicted molar refractivity (Wildman–Crippen MR) is 93.7 cm³/mol. The molecule has 6 heteroatoms. The third-order valence-electron chi connectivity index (χ3n) is 4.62. The minimum absolute atomic E-state index is 0.165. The summed E-state index contributed by atoms with van der Waals surface area (Å²) in [6.07, 6.45) is 6.27. The van der Waals surface area contributed by atoms with Crippen molar-refractivity contribution in [3.05, 3.63) is 46.1 Å². The number of carbonyl (C=O) groups excluding carboxylic acids is 3. The predicted octanol–water partition coefficient (Wildman–Crippen LogP) is 4.36. The first-order valence-electron chi connectivity index (χ1n) is 8.64. The van der Waals surface area contributed by atoms with E-state index >= 15 is 0 Å². The summed E-state index contributed by atoms with van der Waals surface area (Å²) in [5, 5.41) is 2.11. The van der Waals surface area contributed by atoms with E-state index in [1.54, 1.807) is 24.3 Å². The summed E-state index contributed by atoms with van der Waals surface area (Å²) >= 11 is 6.03. The Labute approximate surface area is 151 Å². The van der Waals surface area contributed by atoms with Crippen LogP contribution < -0.4 is 5.32 Å². The van der Waals surface area contributed by atoms with Crippen LogP contribution in [0.25, 0.3) is 0 Å². The van der Waals surface area contributed by atoms with E-state index in [1.807, 2.05) is 0 Å². The third-order valence-corrected chi connectivity index (χ3v) is 4.98. The van der Waals surface area contributed by atoms with Crippen LogP contribution in [-0.4, -0.2) is 23.8 Å². The largest absolute Gasteiger partial charge is 0.446 e. The van der Waals surface area contributed by atoms with Crippen LogP contribution in [0.4, 0.5) is 4.79 Å². The zero-order valence-corrected chi connectivity index (χ0v) is 14.6. The Bertz CT molecular complexity index is 733. The maximum atomic E-state index is 12.5. The molecule has 0 spiro atoms.